The summed E-state index contributed by atoms with van der Waals surface area (Å²) in [6.07, 6.45) is -5.17. The van der Waals surface area contributed by atoms with Crippen LogP contribution in [0.2, 0.25) is 0 Å². The Morgan fingerprint density at radius 1 is 1.38 bits per heavy atom. The fourth-order valence-electron chi connectivity index (χ4n) is 1.05. The van der Waals surface area contributed by atoms with E-state index in [1.807, 2.05) is 0 Å². The number of halogens is 1. The second-order valence-corrected chi connectivity index (χ2v) is 2.56. The van der Waals surface area contributed by atoms with E-state index in [0.717, 1.165) is 7.11 Å². The number of alkyl halides is 1. The molecule has 0 aromatic rings. The SMILES string of the molecule is CO.OCC1O[C@H](F)CC(O)[C@@H]1O. The fourth-order valence-corrected chi connectivity index (χ4v) is 1.05. The number of aliphatic hydroxyl groups is 4. The van der Waals surface area contributed by atoms with Crippen LogP contribution in [0.5, 0.6) is 0 Å². The molecule has 1 saturated heterocycles. The topological polar surface area (TPSA) is 90.2 Å². The molecule has 2 unspecified atom stereocenters. The molecule has 1 heterocycles. The average Bonchev–Trinajstić information content (AvgIpc) is 2.14. The minimum absolute atomic E-state index is 0.238. The van der Waals surface area contributed by atoms with E-state index in [1.165, 1.54) is 0 Å². The lowest BCUT2D eigenvalue weighted by Gasteiger charge is -2.32. The minimum atomic E-state index is -1.59. The summed E-state index contributed by atoms with van der Waals surface area (Å²) in [4.78, 5) is 0. The highest BCUT2D eigenvalue weighted by atomic mass is 19.1. The molecule has 1 fully saturated rings. The van der Waals surface area contributed by atoms with Gasteiger partial charge in [-0.2, -0.15) is 0 Å². The van der Waals surface area contributed by atoms with Gasteiger partial charge in [0.15, 0.2) is 0 Å². The van der Waals surface area contributed by atoms with E-state index >= 15 is 0 Å². The van der Waals surface area contributed by atoms with Gasteiger partial charge in [0.2, 0.25) is 6.36 Å². The number of aliphatic hydroxyl groups excluding tert-OH is 4. The molecular weight excluding hydrogens is 183 g/mol. The second-order valence-electron chi connectivity index (χ2n) is 2.56. The van der Waals surface area contributed by atoms with Crippen molar-refractivity contribution in [3.05, 3.63) is 0 Å². The Morgan fingerprint density at radius 3 is 2.38 bits per heavy atom. The molecule has 4 atom stereocenters. The van der Waals surface area contributed by atoms with Crippen molar-refractivity contribution >= 4 is 0 Å². The Labute approximate surface area is 75.4 Å². The summed E-state index contributed by atoms with van der Waals surface area (Å²) in [6.45, 7) is -0.487. The van der Waals surface area contributed by atoms with Crippen molar-refractivity contribution in [2.75, 3.05) is 13.7 Å². The zero-order valence-electron chi connectivity index (χ0n) is 7.30. The number of hydrogen-bond acceptors (Lipinski definition) is 5. The lowest BCUT2D eigenvalue weighted by atomic mass is 10.0. The van der Waals surface area contributed by atoms with Crippen molar-refractivity contribution in [3.63, 3.8) is 0 Å². The van der Waals surface area contributed by atoms with Gasteiger partial charge in [0.05, 0.1) is 12.7 Å². The first kappa shape index (κ1) is 12.7. The summed E-state index contributed by atoms with van der Waals surface area (Å²) in [7, 11) is 1.00. The molecule has 6 heteroatoms. The molecule has 80 valence electrons. The fraction of sp³-hybridized carbons (Fsp3) is 1.00. The van der Waals surface area contributed by atoms with Gasteiger partial charge in [-0.05, 0) is 0 Å². The Balaban J connectivity index is 0.000000671. The third kappa shape index (κ3) is 3.53. The summed E-state index contributed by atoms with van der Waals surface area (Å²) in [5, 5.41) is 33.6. The van der Waals surface area contributed by atoms with E-state index in [9.17, 15) is 4.39 Å². The summed E-state index contributed by atoms with van der Waals surface area (Å²) in [5.41, 5.74) is 0. The van der Waals surface area contributed by atoms with E-state index in [1.54, 1.807) is 0 Å². The summed E-state index contributed by atoms with van der Waals surface area (Å²) >= 11 is 0. The van der Waals surface area contributed by atoms with Crippen molar-refractivity contribution in [2.45, 2.75) is 31.1 Å². The molecule has 0 radical (unpaired) electrons. The minimum Gasteiger partial charge on any atom is -0.400 e. The maximum Gasteiger partial charge on any atom is 0.201 e. The van der Waals surface area contributed by atoms with Crippen LogP contribution in [-0.2, 0) is 4.74 Å². The molecule has 13 heavy (non-hydrogen) atoms. The zero-order valence-corrected chi connectivity index (χ0v) is 7.30. The van der Waals surface area contributed by atoms with Crippen LogP contribution in [0, 0.1) is 0 Å². The normalized spacial score (nSPS) is 39.2. The van der Waals surface area contributed by atoms with Crippen LogP contribution in [0.4, 0.5) is 4.39 Å². The summed E-state index contributed by atoms with van der Waals surface area (Å²) in [6, 6.07) is 0. The molecule has 0 aromatic carbocycles. The van der Waals surface area contributed by atoms with Gasteiger partial charge in [0.25, 0.3) is 0 Å². The van der Waals surface area contributed by atoms with E-state index in [-0.39, 0.29) is 6.42 Å². The van der Waals surface area contributed by atoms with Gasteiger partial charge >= 0.3 is 0 Å². The Hall–Kier alpha value is -0.270. The molecule has 1 rings (SSSR count). The van der Waals surface area contributed by atoms with Crippen LogP contribution in [0.1, 0.15) is 6.42 Å². The van der Waals surface area contributed by atoms with Gasteiger partial charge < -0.3 is 25.2 Å². The molecular formula is C7H15FO5. The van der Waals surface area contributed by atoms with Gasteiger partial charge in [-0.3, -0.25) is 0 Å². The van der Waals surface area contributed by atoms with Crippen molar-refractivity contribution in [1.82, 2.24) is 0 Å². The molecule has 1 aliphatic rings. The third-order valence-electron chi connectivity index (χ3n) is 1.70. The highest BCUT2D eigenvalue weighted by molar-refractivity contribution is 4.81. The first-order chi connectivity index (χ1) is 6.15. The largest absolute Gasteiger partial charge is 0.400 e. The first-order valence-electron chi connectivity index (χ1n) is 3.86. The lowest BCUT2D eigenvalue weighted by Crippen LogP contribution is -2.48. The molecule has 1 aliphatic heterocycles. The predicted molar refractivity (Wildman–Crippen MR) is 41.6 cm³/mol. The average molecular weight is 198 g/mol. The number of hydrogen-bond donors (Lipinski definition) is 4. The van der Waals surface area contributed by atoms with Gasteiger partial charge in [-0.15, -0.1) is 0 Å². The Morgan fingerprint density at radius 2 is 1.92 bits per heavy atom. The van der Waals surface area contributed by atoms with Gasteiger partial charge in [0.1, 0.15) is 12.2 Å². The molecule has 5 nitrogen and oxygen atoms in total. The smallest absolute Gasteiger partial charge is 0.201 e. The molecule has 0 aromatic heterocycles. The maximum absolute atomic E-state index is 12.4. The standard InChI is InChI=1S/C6H11FO4.CH4O/c7-5-1-3(9)6(10)4(2-8)11-5;1-2/h3-6,8-10H,1-2H2;2H,1H3/t3?,4?,5-,6-;/m0./s1. The Kier molecular flexibility index (Phi) is 6.10. The van der Waals surface area contributed by atoms with Crippen LogP contribution >= 0.6 is 0 Å². The molecule has 0 bridgehead atoms. The number of ether oxygens (including phenoxy) is 1. The maximum atomic E-state index is 12.4. The molecule has 0 saturated carbocycles. The third-order valence-corrected chi connectivity index (χ3v) is 1.70. The highest BCUT2D eigenvalue weighted by Crippen LogP contribution is 2.20. The van der Waals surface area contributed by atoms with E-state index in [0.29, 0.717) is 0 Å². The van der Waals surface area contributed by atoms with Crippen LogP contribution < -0.4 is 0 Å². The summed E-state index contributed by atoms with van der Waals surface area (Å²) < 4.78 is 16.9. The zero-order chi connectivity index (χ0) is 10.4. The lowest BCUT2D eigenvalue weighted by molar-refractivity contribution is -0.213. The van der Waals surface area contributed by atoms with E-state index < -0.39 is 31.3 Å². The monoisotopic (exact) mass is 198 g/mol. The summed E-state index contributed by atoms with van der Waals surface area (Å²) in [5.74, 6) is 0. The van der Waals surface area contributed by atoms with Crippen molar-refractivity contribution in [2.24, 2.45) is 0 Å². The van der Waals surface area contributed by atoms with E-state index in [4.69, 9.17) is 20.4 Å². The van der Waals surface area contributed by atoms with Crippen LogP contribution in [-0.4, -0.2) is 58.8 Å². The molecule has 0 spiro atoms. The molecule has 0 aliphatic carbocycles. The van der Waals surface area contributed by atoms with E-state index in [2.05, 4.69) is 4.74 Å². The quantitative estimate of drug-likeness (QED) is 0.407. The van der Waals surface area contributed by atoms with Gasteiger partial charge in [-0.25, -0.2) is 4.39 Å². The first-order valence-corrected chi connectivity index (χ1v) is 3.86. The predicted octanol–water partition coefficient (Wildman–Crippen LogP) is -1.61. The van der Waals surface area contributed by atoms with Crippen molar-refractivity contribution in [1.29, 1.82) is 0 Å². The Bertz CT molecular complexity index is 134. The van der Waals surface area contributed by atoms with Gasteiger partial charge in [0, 0.05) is 13.5 Å². The van der Waals surface area contributed by atoms with Crippen molar-refractivity contribution in [3.8, 4) is 0 Å². The van der Waals surface area contributed by atoms with Crippen LogP contribution in [0.25, 0.3) is 0 Å². The highest BCUT2D eigenvalue weighted by Gasteiger charge is 2.36. The van der Waals surface area contributed by atoms with Gasteiger partial charge in [-0.1, -0.05) is 0 Å². The molecule has 4 N–H and O–H groups in total. The van der Waals surface area contributed by atoms with Crippen molar-refractivity contribution < 1.29 is 29.6 Å². The molecule has 0 amide bonds. The van der Waals surface area contributed by atoms with Crippen LogP contribution in [0.15, 0.2) is 0 Å². The number of rotatable bonds is 1. The van der Waals surface area contributed by atoms with Crippen LogP contribution in [0.3, 0.4) is 0 Å². The second kappa shape index (κ2) is 6.22.